The third-order valence-electron chi connectivity index (χ3n) is 3.65. The van der Waals surface area contributed by atoms with E-state index in [4.69, 9.17) is 21.1 Å². The van der Waals surface area contributed by atoms with Gasteiger partial charge in [0.15, 0.2) is 6.23 Å². The summed E-state index contributed by atoms with van der Waals surface area (Å²) in [4.78, 5) is 14.1. The van der Waals surface area contributed by atoms with Crippen LogP contribution in [-0.2, 0) is 4.74 Å². The predicted molar refractivity (Wildman–Crippen MR) is 88.9 cm³/mol. The number of rotatable bonds is 3. The first kappa shape index (κ1) is 15.6. The molecule has 1 N–H and O–H groups in total. The zero-order valence-corrected chi connectivity index (χ0v) is 13.4. The lowest BCUT2D eigenvalue weighted by Crippen LogP contribution is -2.34. The van der Waals surface area contributed by atoms with Crippen molar-refractivity contribution in [1.82, 2.24) is 4.90 Å². The standard InChI is InChI=1S/C17H17ClN2O3/c1-22-15-8-2-12(3-9-15)16-20(10-11-23-16)17(21)19-14-6-4-13(18)5-7-14/h2-9,16H,10-11H2,1H3,(H,19,21). The number of urea groups is 1. The van der Waals surface area contributed by atoms with Gasteiger partial charge in [-0.1, -0.05) is 23.7 Å². The van der Waals surface area contributed by atoms with Crippen molar-refractivity contribution in [2.75, 3.05) is 25.6 Å². The Bertz CT molecular complexity index is 673. The quantitative estimate of drug-likeness (QED) is 0.927. The largest absolute Gasteiger partial charge is 0.497 e. The molecule has 2 aromatic rings. The molecule has 0 radical (unpaired) electrons. The third-order valence-corrected chi connectivity index (χ3v) is 3.90. The number of nitrogens with one attached hydrogen (secondary N) is 1. The lowest BCUT2D eigenvalue weighted by Gasteiger charge is -2.24. The van der Waals surface area contributed by atoms with E-state index >= 15 is 0 Å². The Morgan fingerprint density at radius 1 is 1.22 bits per heavy atom. The van der Waals surface area contributed by atoms with Crippen LogP contribution >= 0.6 is 11.6 Å². The summed E-state index contributed by atoms with van der Waals surface area (Å²) in [5.74, 6) is 0.768. The fourth-order valence-corrected chi connectivity index (χ4v) is 2.58. The van der Waals surface area contributed by atoms with E-state index in [1.165, 1.54) is 0 Å². The van der Waals surface area contributed by atoms with E-state index in [9.17, 15) is 4.79 Å². The maximum atomic E-state index is 12.5. The highest BCUT2D eigenvalue weighted by Gasteiger charge is 2.31. The SMILES string of the molecule is COc1ccc(C2OCCN2C(=O)Nc2ccc(Cl)cc2)cc1. The molecule has 1 unspecified atom stereocenters. The van der Waals surface area contributed by atoms with Gasteiger partial charge in [-0.2, -0.15) is 0 Å². The zero-order chi connectivity index (χ0) is 16.2. The average Bonchev–Trinajstić information content (AvgIpc) is 3.07. The molecule has 0 bridgehead atoms. The number of amides is 2. The topological polar surface area (TPSA) is 50.8 Å². The van der Waals surface area contributed by atoms with E-state index in [0.29, 0.717) is 23.9 Å². The maximum Gasteiger partial charge on any atom is 0.324 e. The molecular formula is C17H17ClN2O3. The van der Waals surface area contributed by atoms with E-state index in [2.05, 4.69) is 5.32 Å². The minimum Gasteiger partial charge on any atom is -0.497 e. The van der Waals surface area contributed by atoms with E-state index in [1.54, 1.807) is 36.3 Å². The van der Waals surface area contributed by atoms with Crippen molar-refractivity contribution in [2.24, 2.45) is 0 Å². The van der Waals surface area contributed by atoms with Crippen molar-refractivity contribution < 1.29 is 14.3 Å². The van der Waals surface area contributed by atoms with Crippen molar-refractivity contribution in [3.05, 3.63) is 59.1 Å². The molecule has 5 nitrogen and oxygen atoms in total. The molecule has 2 amide bonds. The predicted octanol–water partition coefficient (Wildman–Crippen LogP) is 3.91. The second kappa shape index (κ2) is 6.89. The summed E-state index contributed by atoms with van der Waals surface area (Å²) in [5, 5.41) is 3.49. The number of hydrogen-bond donors (Lipinski definition) is 1. The molecular weight excluding hydrogens is 316 g/mol. The van der Waals surface area contributed by atoms with Gasteiger partial charge in [0.05, 0.1) is 13.7 Å². The Labute approximate surface area is 139 Å². The van der Waals surface area contributed by atoms with E-state index in [-0.39, 0.29) is 6.03 Å². The van der Waals surface area contributed by atoms with Gasteiger partial charge in [0.2, 0.25) is 0 Å². The zero-order valence-electron chi connectivity index (χ0n) is 12.7. The highest BCUT2D eigenvalue weighted by atomic mass is 35.5. The molecule has 3 rings (SSSR count). The lowest BCUT2D eigenvalue weighted by atomic mass is 10.2. The van der Waals surface area contributed by atoms with Crippen molar-refractivity contribution in [3.63, 3.8) is 0 Å². The molecule has 6 heteroatoms. The van der Waals surface area contributed by atoms with Crippen molar-refractivity contribution in [1.29, 1.82) is 0 Å². The van der Waals surface area contributed by atoms with Gasteiger partial charge in [-0.15, -0.1) is 0 Å². The van der Waals surface area contributed by atoms with Crippen molar-refractivity contribution in [2.45, 2.75) is 6.23 Å². The van der Waals surface area contributed by atoms with Crippen LogP contribution in [0, 0.1) is 0 Å². The molecule has 0 saturated carbocycles. The molecule has 1 heterocycles. The van der Waals surface area contributed by atoms with E-state index in [0.717, 1.165) is 11.3 Å². The van der Waals surface area contributed by atoms with Crippen molar-refractivity contribution in [3.8, 4) is 5.75 Å². The van der Waals surface area contributed by atoms with Gasteiger partial charge >= 0.3 is 6.03 Å². The van der Waals surface area contributed by atoms with Crippen LogP contribution in [0.25, 0.3) is 0 Å². The third kappa shape index (κ3) is 3.57. The fourth-order valence-electron chi connectivity index (χ4n) is 2.45. The van der Waals surface area contributed by atoms with Crippen LogP contribution in [0.2, 0.25) is 5.02 Å². The van der Waals surface area contributed by atoms with E-state index < -0.39 is 6.23 Å². The number of ether oxygens (including phenoxy) is 2. The summed E-state index contributed by atoms with van der Waals surface area (Å²) in [7, 11) is 1.62. The Morgan fingerprint density at radius 2 is 1.91 bits per heavy atom. The maximum absolute atomic E-state index is 12.5. The lowest BCUT2D eigenvalue weighted by molar-refractivity contribution is 0.0521. The number of carbonyl (C=O) groups excluding carboxylic acids is 1. The summed E-state index contributed by atoms with van der Waals surface area (Å²) >= 11 is 5.85. The Morgan fingerprint density at radius 3 is 2.57 bits per heavy atom. The highest BCUT2D eigenvalue weighted by Crippen LogP contribution is 2.29. The molecule has 120 valence electrons. The van der Waals surface area contributed by atoms with Gasteiger partial charge in [0, 0.05) is 22.8 Å². The number of nitrogens with zero attached hydrogens (tertiary/aromatic N) is 1. The molecule has 1 aliphatic heterocycles. The summed E-state index contributed by atoms with van der Waals surface area (Å²) < 4.78 is 10.9. The summed E-state index contributed by atoms with van der Waals surface area (Å²) in [6.07, 6.45) is -0.395. The molecule has 0 spiro atoms. The Kier molecular flexibility index (Phi) is 4.69. The van der Waals surface area contributed by atoms with Crippen LogP contribution in [0.4, 0.5) is 10.5 Å². The molecule has 1 fully saturated rings. The van der Waals surface area contributed by atoms with Crippen LogP contribution in [0.15, 0.2) is 48.5 Å². The van der Waals surface area contributed by atoms with Crippen LogP contribution in [0.5, 0.6) is 5.75 Å². The van der Waals surface area contributed by atoms with Gasteiger partial charge in [-0.05, 0) is 36.4 Å². The molecule has 0 aliphatic carbocycles. The molecule has 1 aliphatic rings. The summed E-state index contributed by atoms with van der Waals surface area (Å²) in [6.45, 7) is 1.04. The monoisotopic (exact) mass is 332 g/mol. The Balaban J connectivity index is 1.72. The first-order chi connectivity index (χ1) is 11.2. The number of anilines is 1. The number of hydrogen-bond acceptors (Lipinski definition) is 3. The van der Waals surface area contributed by atoms with Crippen molar-refractivity contribution >= 4 is 23.3 Å². The number of benzene rings is 2. The normalized spacial score (nSPS) is 17.1. The van der Waals surface area contributed by atoms with Gasteiger partial charge in [0.1, 0.15) is 5.75 Å². The first-order valence-electron chi connectivity index (χ1n) is 7.26. The van der Waals surface area contributed by atoms with Gasteiger partial charge in [0.25, 0.3) is 0 Å². The van der Waals surface area contributed by atoms with Gasteiger partial charge in [-0.25, -0.2) is 4.79 Å². The smallest absolute Gasteiger partial charge is 0.324 e. The second-order valence-electron chi connectivity index (χ2n) is 5.13. The summed E-state index contributed by atoms with van der Waals surface area (Å²) in [6, 6.07) is 14.3. The molecule has 23 heavy (non-hydrogen) atoms. The minimum atomic E-state index is -0.395. The Hall–Kier alpha value is -2.24. The van der Waals surface area contributed by atoms with Gasteiger partial charge in [-0.3, -0.25) is 4.90 Å². The van der Waals surface area contributed by atoms with Crippen LogP contribution in [0.3, 0.4) is 0 Å². The molecule has 0 aromatic heterocycles. The minimum absolute atomic E-state index is 0.203. The second-order valence-corrected chi connectivity index (χ2v) is 5.56. The molecule has 1 atom stereocenters. The fraction of sp³-hybridized carbons (Fsp3) is 0.235. The van der Waals surface area contributed by atoms with Gasteiger partial charge < -0.3 is 14.8 Å². The summed E-state index contributed by atoms with van der Waals surface area (Å²) in [5.41, 5.74) is 1.61. The number of halogens is 1. The first-order valence-corrected chi connectivity index (χ1v) is 7.64. The number of carbonyl (C=O) groups is 1. The molecule has 1 saturated heterocycles. The van der Waals surface area contributed by atoms with E-state index in [1.807, 2.05) is 24.3 Å². The highest BCUT2D eigenvalue weighted by molar-refractivity contribution is 6.30. The molecule has 2 aromatic carbocycles. The average molecular weight is 333 g/mol. The van der Waals surface area contributed by atoms with Crippen LogP contribution < -0.4 is 10.1 Å². The number of methoxy groups -OCH3 is 1. The van der Waals surface area contributed by atoms with Crippen LogP contribution in [-0.4, -0.2) is 31.2 Å². The van der Waals surface area contributed by atoms with Crippen LogP contribution in [0.1, 0.15) is 11.8 Å².